The van der Waals surface area contributed by atoms with Crippen LogP contribution in [0.4, 0.5) is 11.5 Å². The molecule has 0 saturated carbocycles. The van der Waals surface area contributed by atoms with Crippen molar-refractivity contribution < 1.29 is 19.1 Å². The third kappa shape index (κ3) is 5.73. The monoisotopic (exact) mass is 433 g/mol. The van der Waals surface area contributed by atoms with Gasteiger partial charge in [-0.2, -0.15) is 0 Å². The number of hydrogen-bond acceptors (Lipinski definition) is 8. The van der Waals surface area contributed by atoms with E-state index in [1.807, 2.05) is 24.3 Å². The van der Waals surface area contributed by atoms with Gasteiger partial charge in [0.1, 0.15) is 12.3 Å². The lowest BCUT2D eigenvalue weighted by Crippen LogP contribution is -2.50. The van der Waals surface area contributed by atoms with E-state index in [1.165, 1.54) is 0 Å². The first kappa shape index (κ1) is 21.6. The highest BCUT2D eigenvalue weighted by Crippen LogP contribution is 2.20. The number of piperazine rings is 1. The van der Waals surface area contributed by atoms with Crippen molar-refractivity contribution in [2.75, 3.05) is 63.3 Å². The average Bonchev–Trinajstić information content (AvgIpc) is 2.78. The van der Waals surface area contributed by atoms with E-state index in [1.54, 1.807) is 36.1 Å². The normalized spacial score (nSPS) is 13.7. The molecule has 0 atom stereocenters. The minimum absolute atomic E-state index is 0.0468. The van der Waals surface area contributed by atoms with Crippen molar-refractivity contribution in [2.45, 2.75) is 0 Å². The van der Waals surface area contributed by atoms with E-state index in [4.69, 9.17) is 21.1 Å². The maximum absolute atomic E-state index is 12.4. The van der Waals surface area contributed by atoms with Crippen LogP contribution in [0.2, 0.25) is 5.15 Å². The number of ether oxygens (including phenoxy) is 2. The minimum atomic E-state index is -0.514. The fraction of sp³-hybridized carbons (Fsp3) is 0.400. The Hall–Kier alpha value is -3.07. The Balaban J connectivity index is 1.40. The summed E-state index contributed by atoms with van der Waals surface area (Å²) < 4.78 is 10.3. The fourth-order valence-electron chi connectivity index (χ4n) is 3.07. The lowest BCUT2D eigenvalue weighted by Gasteiger charge is -2.36. The molecular formula is C20H24ClN5O4. The second kappa shape index (κ2) is 10.1. The van der Waals surface area contributed by atoms with E-state index in [2.05, 4.69) is 15.1 Å². The van der Waals surface area contributed by atoms with Gasteiger partial charge in [-0.25, -0.2) is 0 Å². The number of rotatable bonds is 7. The van der Waals surface area contributed by atoms with Crippen molar-refractivity contribution >= 4 is 35.0 Å². The Morgan fingerprint density at radius 2 is 1.77 bits per heavy atom. The maximum Gasteiger partial charge on any atom is 0.326 e. The third-order valence-electron chi connectivity index (χ3n) is 4.80. The Labute approximate surface area is 180 Å². The molecule has 1 amide bonds. The standard InChI is InChI=1S/C20H24ClN5O4/c1-24(18-8-7-17(21)22-23-18)13-20(28)30-14-19(27)26-11-9-25(10-12-26)15-3-5-16(29-2)6-4-15/h3-8H,9-14H2,1-2H3. The molecular weight excluding hydrogens is 410 g/mol. The summed E-state index contributed by atoms with van der Waals surface area (Å²) in [6.07, 6.45) is 0. The Kier molecular flexibility index (Phi) is 7.29. The molecule has 1 saturated heterocycles. The molecule has 0 N–H and O–H groups in total. The summed E-state index contributed by atoms with van der Waals surface area (Å²) in [5.41, 5.74) is 1.09. The number of nitrogens with zero attached hydrogens (tertiary/aromatic N) is 5. The zero-order valence-electron chi connectivity index (χ0n) is 17.0. The molecule has 9 nitrogen and oxygen atoms in total. The quantitative estimate of drug-likeness (QED) is 0.606. The number of likely N-dealkylation sites (N-methyl/N-ethyl adjacent to an activating group) is 1. The minimum Gasteiger partial charge on any atom is -0.497 e. The fourth-order valence-corrected chi connectivity index (χ4v) is 3.17. The molecule has 0 radical (unpaired) electrons. The van der Waals surface area contributed by atoms with Gasteiger partial charge in [0, 0.05) is 38.9 Å². The maximum atomic E-state index is 12.4. The summed E-state index contributed by atoms with van der Waals surface area (Å²) in [5.74, 6) is 0.576. The van der Waals surface area contributed by atoms with Gasteiger partial charge in [-0.3, -0.25) is 9.59 Å². The molecule has 3 rings (SSSR count). The Bertz CT molecular complexity index is 855. The summed E-state index contributed by atoms with van der Waals surface area (Å²) in [7, 11) is 3.31. The first-order valence-electron chi connectivity index (χ1n) is 9.49. The molecule has 0 unspecified atom stereocenters. The van der Waals surface area contributed by atoms with E-state index in [0.29, 0.717) is 32.0 Å². The smallest absolute Gasteiger partial charge is 0.326 e. The highest BCUT2D eigenvalue weighted by Gasteiger charge is 2.22. The number of carbonyl (C=O) groups excluding carboxylic acids is 2. The summed E-state index contributed by atoms with van der Waals surface area (Å²) in [6.45, 7) is 2.25. The van der Waals surface area contributed by atoms with Crippen LogP contribution in [0.1, 0.15) is 0 Å². The van der Waals surface area contributed by atoms with Crippen LogP contribution in [0.5, 0.6) is 5.75 Å². The summed E-state index contributed by atoms with van der Waals surface area (Å²) in [6, 6.07) is 11.1. The molecule has 30 heavy (non-hydrogen) atoms. The first-order valence-corrected chi connectivity index (χ1v) is 9.87. The van der Waals surface area contributed by atoms with Crippen molar-refractivity contribution in [3.05, 3.63) is 41.6 Å². The molecule has 0 spiro atoms. The lowest BCUT2D eigenvalue weighted by atomic mass is 10.2. The van der Waals surface area contributed by atoms with Gasteiger partial charge in [-0.15, -0.1) is 10.2 Å². The zero-order valence-corrected chi connectivity index (χ0v) is 17.7. The van der Waals surface area contributed by atoms with E-state index >= 15 is 0 Å². The lowest BCUT2D eigenvalue weighted by molar-refractivity contribution is -0.151. The van der Waals surface area contributed by atoms with E-state index in [0.717, 1.165) is 11.4 Å². The topological polar surface area (TPSA) is 88.1 Å². The molecule has 10 heteroatoms. The second-order valence-corrected chi connectivity index (χ2v) is 7.18. The van der Waals surface area contributed by atoms with Crippen LogP contribution in [0.3, 0.4) is 0 Å². The highest BCUT2D eigenvalue weighted by molar-refractivity contribution is 6.29. The number of esters is 1. The predicted octanol–water partition coefficient (Wildman–Crippen LogP) is 1.47. The van der Waals surface area contributed by atoms with Gasteiger partial charge >= 0.3 is 5.97 Å². The Morgan fingerprint density at radius 3 is 2.37 bits per heavy atom. The molecule has 1 fully saturated rings. The van der Waals surface area contributed by atoms with Crippen molar-refractivity contribution in [1.29, 1.82) is 0 Å². The largest absolute Gasteiger partial charge is 0.497 e. The van der Waals surface area contributed by atoms with Crippen LogP contribution in [-0.2, 0) is 14.3 Å². The summed E-state index contributed by atoms with van der Waals surface area (Å²) in [4.78, 5) is 29.9. The molecule has 2 heterocycles. The van der Waals surface area contributed by atoms with E-state index < -0.39 is 5.97 Å². The average molecular weight is 434 g/mol. The van der Waals surface area contributed by atoms with E-state index in [-0.39, 0.29) is 24.2 Å². The molecule has 0 bridgehead atoms. The molecule has 160 valence electrons. The van der Waals surface area contributed by atoms with Crippen molar-refractivity contribution in [1.82, 2.24) is 15.1 Å². The zero-order chi connectivity index (χ0) is 21.5. The number of halogens is 1. The summed E-state index contributed by atoms with van der Waals surface area (Å²) in [5, 5.41) is 7.89. The predicted molar refractivity (Wildman–Crippen MR) is 113 cm³/mol. The highest BCUT2D eigenvalue weighted by atomic mass is 35.5. The first-order chi connectivity index (χ1) is 14.5. The molecule has 1 aromatic carbocycles. The number of hydrogen-bond donors (Lipinski definition) is 0. The van der Waals surface area contributed by atoms with Crippen molar-refractivity contribution in [3.63, 3.8) is 0 Å². The molecule has 2 aromatic rings. The van der Waals surface area contributed by atoms with Crippen LogP contribution in [0.25, 0.3) is 0 Å². The molecule has 1 aromatic heterocycles. The van der Waals surface area contributed by atoms with Crippen LogP contribution in [0, 0.1) is 0 Å². The number of aromatic nitrogens is 2. The molecule has 1 aliphatic heterocycles. The van der Waals surface area contributed by atoms with Gasteiger partial charge in [0.05, 0.1) is 7.11 Å². The van der Waals surface area contributed by atoms with Crippen LogP contribution in [-0.4, -0.2) is 80.5 Å². The number of amides is 1. The molecule has 1 aliphatic rings. The van der Waals surface area contributed by atoms with Crippen LogP contribution < -0.4 is 14.5 Å². The molecule has 0 aliphatic carbocycles. The number of carbonyl (C=O) groups is 2. The van der Waals surface area contributed by atoms with Gasteiger partial charge in [0.15, 0.2) is 17.6 Å². The van der Waals surface area contributed by atoms with Crippen molar-refractivity contribution in [3.8, 4) is 5.75 Å². The number of benzene rings is 1. The van der Waals surface area contributed by atoms with Gasteiger partial charge in [-0.05, 0) is 36.4 Å². The Morgan fingerprint density at radius 1 is 1.07 bits per heavy atom. The third-order valence-corrected chi connectivity index (χ3v) is 5.00. The number of anilines is 2. The van der Waals surface area contributed by atoms with Gasteiger partial charge in [0.2, 0.25) is 0 Å². The van der Waals surface area contributed by atoms with Gasteiger partial charge in [-0.1, -0.05) is 11.6 Å². The summed E-state index contributed by atoms with van der Waals surface area (Å²) >= 11 is 5.70. The van der Waals surface area contributed by atoms with Crippen LogP contribution in [0.15, 0.2) is 36.4 Å². The van der Waals surface area contributed by atoms with Crippen LogP contribution >= 0.6 is 11.6 Å². The van der Waals surface area contributed by atoms with Gasteiger partial charge in [0.25, 0.3) is 5.91 Å². The second-order valence-electron chi connectivity index (χ2n) is 6.80. The number of methoxy groups -OCH3 is 1. The van der Waals surface area contributed by atoms with Gasteiger partial charge < -0.3 is 24.2 Å². The van der Waals surface area contributed by atoms with Crippen molar-refractivity contribution in [2.24, 2.45) is 0 Å². The van der Waals surface area contributed by atoms with E-state index in [9.17, 15) is 9.59 Å². The SMILES string of the molecule is COc1ccc(N2CCN(C(=O)COC(=O)CN(C)c3ccc(Cl)nn3)CC2)cc1.